The molecule has 0 N–H and O–H groups in total. The van der Waals surface area contributed by atoms with Crippen LogP contribution in [-0.4, -0.2) is 20.9 Å². The first kappa shape index (κ1) is 9.31. The van der Waals surface area contributed by atoms with Gasteiger partial charge in [0.05, 0.1) is 20.9 Å². The molecule has 14 heavy (non-hydrogen) atoms. The van der Waals surface area contributed by atoms with Crippen molar-refractivity contribution in [2.75, 3.05) is 20.9 Å². The van der Waals surface area contributed by atoms with E-state index in [1.807, 2.05) is 12.1 Å². The molecule has 1 unspecified atom stereocenters. The topological polar surface area (TPSA) is 18.5 Å². The zero-order valence-corrected chi connectivity index (χ0v) is 8.34. The SMILES string of the molecule is COc1cc2c(cc1OC)C(CF)C2. The van der Waals surface area contributed by atoms with E-state index in [1.54, 1.807) is 14.2 Å². The quantitative estimate of drug-likeness (QED) is 0.738. The smallest absolute Gasteiger partial charge is 0.161 e. The van der Waals surface area contributed by atoms with Crippen molar-refractivity contribution >= 4 is 0 Å². The zero-order chi connectivity index (χ0) is 10.1. The van der Waals surface area contributed by atoms with Crippen molar-refractivity contribution in [3.63, 3.8) is 0 Å². The molecule has 0 fully saturated rings. The fourth-order valence-corrected chi connectivity index (χ4v) is 1.88. The Labute approximate surface area is 82.6 Å². The van der Waals surface area contributed by atoms with Gasteiger partial charge < -0.3 is 9.47 Å². The van der Waals surface area contributed by atoms with Crippen LogP contribution in [0.5, 0.6) is 11.5 Å². The molecule has 0 heterocycles. The Hall–Kier alpha value is -1.25. The maximum atomic E-state index is 12.5. The highest BCUT2D eigenvalue weighted by atomic mass is 19.1. The van der Waals surface area contributed by atoms with Gasteiger partial charge in [0.15, 0.2) is 11.5 Å². The van der Waals surface area contributed by atoms with Crippen molar-refractivity contribution in [1.82, 2.24) is 0 Å². The highest BCUT2D eigenvalue weighted by molar-refractivity contribution is 5.53. The van der Waals surface area contributed by atoms with E-state index < -0.39 is 0 Å². The number of hydrogen-bond donors (Lipinski definition) is 0. The van der Waals surface area contributed by atoms with Gasteiger partial charge in [0.2, 0.25) is 0 Å². The van der Waals surface area contributed by atoms with Crippen molar-refractivity contribution < 1.29 is 13.9 Å². The van der Waals surface area contributed by atoms with Gasteiger partial charge in [-0.1, -0.05) is 0 Å². The van der Waals surface area contributed by atoms with Crippen molar-refractivity contribution in [2.24, 2.45) is 0 Å². The molecule has 0 aromatic heterocycles. The molecule has 0 saturated heterocycles. The van der Waals surface area contributed by atoms with Crippen molar-refractivity contribution in [2.45, 2.75) is 12.3 Å². The first-order valence-electron chi connectivity index (χ1n) is 4.61. The summed E-state index contributed by atoms with van der Waals surface area (Å²) in [7, 11) is 3.20. The third kappa shape index (κ3) is 1.24. The van der Waals surface area contributed by atoms with Crippen LogP contribution >= 0.6 is 0 Å². The predicted molar refractivity (Wildman–Crippen MR) is 52.0 cm³/mol. The summed E-state index contributed by atoms with van der Waals surface area (Å²) in [5.74, 6) is 1.47. The molecule has 2 nitrogen and oxygen atoms in total. The summed E-state index contributed by atoms with van der Waals surface area (Å²) in [4.78, 5) is 0. The van der Waals surface area contributed by atoms with E-state index in [4.69, 9.17) is 9.47 Å². The number of benzene rings is 1. The molecule has 2 rings (SSSR count). The number of alkyl halides is 1. The maximum absolute atomic E-state index is 12.5. The molecule has 0 amide bonds. The summed E-state index contributed by atoms with van der Waals surface area (Å²) < 4.78 is 22.8. The summed E-state index contributed by atoms with van der Waals surface area (Å²) in [5, 5.41) is 0. The lowest BCUT2D eigenvalue weighted by Gasteiger charge is -2.29. The van der Waals surface area contributed by atoms with Crippen LogP contribution in [-0.2, 0) is 6.42 Å². The van der Waals surface area contributed by atoms with Gasteiger partial charge in [-0.3, -0.25) is 4.39 Å². The van der Waals surface area contributed by atoms with Crippen molar-refractivity contribution in [1.29, 1.82) is 0 Å². The van der Waals surface area contributed by atoms with E-state index in [0.717, 1.165) is 17.7 Å². The van der Waals surface area contributed by atoms with Gasteiger partial charge in [-0.15, -0.1) is 0 Å². The molecule has 0 spiro atoms. The van der Waals surface area contributed by atoms with Gasteiger partial charge in [0.25, 0.3) is 0 Å². The highest BCUT2D eigenvalue weighted by Gasteiger charge is 2.28. The van der Waals surface area contributed by atoms with Gasteiger partial charge >= 0.3 is 0 Å². The number of fused-ring (bicyclic) bond motifs is 1. The molecular weight excluding hydrogens is 183 g/mol. The average Bonchev–Trinajstić information content (AvgIpc) is 2.20. The van der Waals surface area contributed by atoms with E-state index in [-0.39, 0.29) is 12.6 Å². The molecule has 1 aromatic carbocycles. The summed E-state index contributed by atoms with van der Waals surface area (Å²) in [6.45, 7) is -0.289. The van der Waals surface area contributed by atoms with Gasteiger partial charge in [-0.2, -0.15) is 0 Å². The second-order valence-electron chi connectivity index (χ2n) is 3.46. The third-order valence-corrected chi connectivity index (χ3v) is 2.74. The second kappa shape index (κ2) is 3.48. The van der Waals surface area contributed by atoms with E-state index in [9.17, 15) is 4.39 Å². The number of halogens is 1. The standard InChI is InChI=1S/C11H13FO2/c1-13-10-4-7-3-8(6-12)9(7)5-11(10)14-2/h4-5,8H,3,6H2,1-2H3. The molecule has 3 heteroatoms. The molecule has 76 valence electrons. The largest absolute Gasteiger partial charge is 0.493 e. The molecular formula is C11H13FO2. The Morgan fingerprint density at radius 2 is 1.93 bits per heavy atom. The van der Waals surface area contributed by atoms with E-state index in [1.165, 1.54) is 5.56 Å². The Kier molecular flexibility index (Phi) is 2.32. The number of hydrogen-bond acceptors (Lipinski definition) is 2. The van der Waals surface area contributed by atoms with Gasteiger partial charge in [-0.25, -0.2) is 0 Å². The van der Waals surface area contributed by atoms with Crippen LogP contribution in [0.25, 0.3) is 0 Å². The van der Waals surface area contributed by atoms with Gasteiger partial charge in [-0.05, 0) is 29.7 Å². The molecule has 0 radical (unpaired) electrons. The van der Waals surface area contributed by atoms with Gasteiger partial charge in [0, 0.05) is 5.92 Å². The Balaban J connectivity index is 2.38. The molecule has 0 aliphatic heterocycles. The first-order chi connectivity index (χ1) is 6.80. The van der Waals surface area contributed by atoms with Crippen LogP contribution in [0, 0.1) is 0 Å². The Morgan fingerprint density at radius 1 is 1.29 bits per heavy atom. The Morgan fingerprint density at radius 3 is 2.50 bits per heavy atom. The zero-order valence-electron chi connectivity index (χ0n) is 8.34. The minimum absolute atomic E-state index is 0.0600. The van der Waals surface area contributed by atoms with Crippen molar-refractivity contribution in [3.05, 3.63) is 23.3 Å². The normalized spacial score (nSPS) is 18.4. The van der Waals surface area contributed by atoms with Crippen LogP contribution in [0.15, 0.2) is 12.1 Å². The molecule has 1 aliphatic carbocycles. The third-order valence-electron chi connectivity index (χ3n) is 2.74. The van der Waals surface area contributed by atoms with Crippen LogP contribution < -0.4 is 9.47 Å². The Bertz CT molecular complexity index is 349. The lowest BCUT2D eigenvalue weighted by atomic mass is 9.78. The van der Waals surface area contributed by atoms with E-state index >= 15 is 0 Å². The maximum Gasteiger partial charge on any atom is 0.161 e. The monoisotopic (exact) mass is 196 g/mol. The number of ether oxygens (including phenoxy) is 2. The van der Waals surface area contributed by atoms with Crippen LogP contribution in [0.4, 0.5) is 4.39 Å². The molecule has 0 saturated carbocycles. The molecule has 1 atom stereocenters. The number of methoxy groups -OCH3 is 2. The van der Waals surface area contributed by atoms with E-state index in [2.05, 4.69) is 0 Å². The lowest BCUT2D eigenvalue weighted by Crippen LogP contribution is -2.19. The van der Waals surface area contributed by atoms with Crippen LogP contribution in [0.1, 0.15) is 17.0 Å². The highest BCUT2D eigenvalue weighted by Crippen LogP contribution is 2.42. The molecule has 1 aromatic rings. The van der Waals surface area contributed by atoms with Crippen molar-refractivity contribution in [3.8, 4) is 11.5 Å². The predicted octanol–water partition coefficient (Wildman–Crippen LogP) is 2.31. The van der Waals surface area contributed by atoms with Crippen LogP contribution in [0.3, 0.4) is 0 Å². The second-order valence-corrected chi connectivity index (χ2v) is 3.46. The number of rotatable bonds is 3. The average molecular weight is 196 g/mol. The first-order valence-corrected chi connectivity index (χ1v) is 4.61. The fourth-order valence-electron chi connectivity index (χ4n) is 1.88. The lowest BCUT2D eigenvalue weighted by molar-refractivity contribution is 0.348. The summed E-state index contributed by atoms with van der Waals surface area (Å²) in [6.07, 6.45) is 0.812. The van der Waals surface area contributed by atoms with E-state index in [0.29, 0.717) is 5.75 Å². The summed E-state index contributed by atoms with van der Waals surface area (Å²) in [6, 6.07) is 3.81. The molecule has 0 bridgehead atoms. The fraction of sp³-hybridized carbons (Fsp3) is 0.455. The van der Waals surface area contributed by atoms with Crippen LogP contribution in [0.2, 0.25) is 0 Å². The minimum atomic E-state index is -0.289. The summed E-state index contributed by atoms with van der Waals surface area (Å²) >= 11 is 0. The van der Waals surface area contributed by atoms with Gasteiger partial charge in [0.1, 0.15) is 0 Å². The minimum Gasteiger partial charge on any atom is -0.493 e. The summed E-state index contributed by atoms with van der Waals surface area (Å²) in [5.41, 5.74) is 2.23. The molecule has 1 aliphatic rings.